The molecule has 1 aromatic carbocycles. The van der Waals surface area contributed by atoms with Gasteiger partial charge in [0.05, 0.1) is 12.0 Å². The summed E-state index contributed by atoms with van der Waals surface area (Å²) in [6.45, 7) is 4.43. The van der Waals surface area contributed by atoms with Gasteiger partial charge in [0.25, 0.3) is 0 Å². The summed E-state index contributed by atoms with van der Waals surface area (Å²) in [7, 11) is 2.03. The molecule has 0 N–H and O–H groups in total. The minimum Gasteiger partial charge on any atom is -0.337 e. The minimum atomic E-state index is 0.197. The number of imidazole rings is 1. The molecule has 126 valence electrons. The molecule has 3 aromatic rings. The van der Waals surface area contributed by atoms with Crippen LogP contribution in [0.1, 0.15) is 53.8 Å². The molecule has 4 rings (SSSR count). The molecule has 0 saturated heterocycles. The number of pyridine rings is 1. The largest absolute Gasteiger partial charge is 0.337 e. The molecular weight excluding hydrogens is 330 g/mol. The van der Waals surface area contributed by atoms with E-state index < -0.39 is 0 Å². The van der Waals surface area contributed by atoms with Crippen LogP contribution in [-0.4, -0.2) is 14.5 Å². The van der Waals surface area contributed by atoms with Crippen LogP contribution >= 0.6 is 11.6 Å². The van der Waals surface area contributed by atoms with E-state index >= 15 is 0 Å². The molecule has 2 heterocycles. The summed E-state index contributed by atoms with van der Waals surface area (Å²) in [5.41, 5.74) is 7.18. The predicted octanol–water partition coefficient (Wildman–Crippen LogP) is 5.28. The van der Waals surface area contributed by atoms with Crippen LogP contribution in [0.5, 0.6) is 0 Å². The van der Waals surface area contributed by atoms with Crippen molar-refractivity contribution >= 4 is 23.3 Å². The Morgan fingerprint density at radius 3 is 2.84 bits per heavy atom. The molecule has 4 heteroatoms. The highest BCUT2D eigenvalue weighted by Crippen LogP contribution is 2.43. The van der Waals surface area contributed by atoms with Crippen molar-refractivity contribution in [2.75, 3.05) is 0 Å². The van der Waals surface area contributed by atoms with Crippen molar-refractivity contribution in [3.8, 4) is 0 Å². The molecule has 0 unspecified atom stereocenters. The summed E-state index contributed by atoms with van der Waals surface area (Å²) in [5, 5.41) is 0.757. The van der Waals surface area contributed by atoms with Crippen LogP contribution in [0.4, 0.5) is 0 Å². The highest BCUT2D eigenvalue weighted by molar-refractivity contribution is 6.30. The lowest BCUT2D eigenvalue weighted by molar-refractivity contribution is 0.793. The van der Waals surface area contributed by atoms with Gasteiger partial charge in [0.2, 0.25) is 0 Å². The summed E-state index contributed by atoms with van der Waals surface area (Å²) in [6, 6.07) is 10.3. The van der Waals surface area contributed by atoms with Gasteiger partial charge >= 0.3 is 0 Å². The first kappa shape index (κ1) is 16.1. The minimum absolute atomic E-state index is 0.197. The van der Waals surface area contributed by atoms with Gasteiger partial charge in [-0.15, -0.1) is 0 Å². The number of fused-ring (bicyclic) bond motifs is 2. The number of aromatic nitrogens is 3. The first-order valence-electron chi connectivity index (χ1n) is 8.49. The Bertz CT molecular complexity index is 971. The quantitative estimate of drug-likeness (QED) is 0.630. The average Bonchev–Trinajstić information content (AvgIpc) is 3.00. The average molecular weight is 350 g/mol. The first-order valence-corrected chi connectivity index (χ1v) is 8.86. The molecular formula is C21H20ClN3. The van der Waals surface area contributed by atoms with Crippen LogP contribution in [0, 0.1) is 0 Å². The number of halogens is 1. The standard InChI is InChI=1S/C21H20ClN3/c1-13(20-11-23-12-25(20)3)18-9-15-5-4-8-24-21(15)14(2)17-7-6-16(22)10-19(17)18/h4-14H,1-3H3/t13-,14-/m1/s1. The molecule has 0 spiro atoms. The number of hydrogen-bond acceptors (Lipinski definition) is 2. The highest BCUT2D eigenvalue weighted by atomic mass is 35.5. The number of nitrogens with zero attached hydrogens (tertiary/aromatic N) is 3. The lowest BCUT2D eigenvalue weighted by Gasteiger charge is -2.20. The lowest BCUT2D eigenvalue weighted by Crippen LogP contribution is -2.06. The zero-order chi connectivity index (χ0) is 17.6. The second kappa shape index (κ2) is 6.16. The van der Waals surface area contributed by atoms with Crippen LogP contribution in [0.3, 0.4) is 0 Å². The maximum atomic E-state index is 6.35. The van der Waals surface area contributed by atoms with Crippen molar-refractivity contribution in [3.63, 3.8) is 0 Å². The molecule has 2 aromatic heterocycles. The lowest BCUT2D eigenvalue weighted by atomic mass is 9.86. The summed E-state index contributed by atoms with van der Waals surface area (Å²) >= 11 is 6.35. The van der Waals surface area contributed by atoms with Crippen molar-refractivity contribution in [1.29, 1.82) is 0 Å². The second-order valence-electron chi connectivity index (χ2n) is 6.68. The van der Waals surface area contributed by atoms with Gasteiger partial charge in [-0.1, -0.05) is 37.6 Å². The Morgan fingerprint density at radius 1 is 1.24 bits per heavy atom. The predicted molar refractivity (Wildman–Crippen MR) is 103 cm³/mol. The van der Waals surface area contributed by atoms with Crippen LogP contribution in [-0.2, 0) is 7.05 Å². The molecule has 3 nitrogen and oxygen atoms in total. The van der Waals surface area contributed by atoms with Crippen molar-refractivity contribution in [2.24, 2.45) is 7.05 Å². The third-order valence-corrected chi connectivity index (χ3v) is 5.38. The fourth-order valence-corrected chi connectivity index (χ4v) is 3.94. The number of benzene rings is 1. The molecule has 1 aliphatic carbocycles. The van der Waals surface area contributed by atoms with Gasteiger partial charge < -0.3 is 4.57 Å². The molecule has 25 heavy (non-hydrogen) atoms. The van der Waals surface area contributed by atoms with Gasteiger partial charge in [-0.3, -0.25) is 4.98 Å². The van der Waals surface area contributed by atoms with Gasteiger partial charge in [-0.2, -0.15) is 0 Å². The van der Waals surface area contributed by atoms with Crippen LogP contribution < -0.4 is 0 Å². The molecule has 0 radical (unpaired) electrons. The van der Waals surface area contributed by atoms with Crippen molar-refractivity contribution in [1.82, 2.24) is 14.5 Å². The van der Waals surface area contributed by atoms with Gasteiger partial charge in [0.15, 0.2) is 0 Å². The van der Waals surface area contributed by atoms with Gasteiger partial charge in [-0.05, 0) is 46.5 Å². The SMILES string of the molecule is C[C@@H]1c2ccc(Cl)cc2C([C@@H](C)c2cncn2C)=Cc2cccnc21. The summed E-state index contributed by atoms with van der Waals surface area (Å²) < 4.78 is 2.08. The summed E-state index contributed by atoms with van der Waals surface area (Å²) in [5.74, 6) is 0.416. The van der Waals surface area contributed by atoms with E-state index in [1.165, 1.54) is 28.0 Å². The number of aryl methyl sites for hydroxylation is 1. The van der Waals surface area contributed by atoms with E-state index in [-0.39, 0.29) is 11.8 Å². The first-order chi connectivity index (χ1) is 12.1. The number of rotatable bonds is 2. The van der Waals surface area contributed by atoms with E-state index in [2.05, 4.69) is 52.7 Å². The number of hydrogen-bond donors (Lipinski definition) is 0. The molecule has 1 aliphatic rings. The van der Waals surface area contributed by atoms with E-state index in [1.54, 1.807) is 0 Å². The molecule has 0 amide bonds. The topological polar surface area (TPSA) is 30.7 Å². The normalized spacial score (nSPS) is 17.3. The zero-order valence-electron chi connectivity index (χ0n) is 14.6. The summed E-state index contributed by atoms with van der Waals surface area (Å²) in [6.07, 6.45) is 7.92. The fraction of sp³-hybridized carbons (Fsp3) is 0.238. The van der Waals surface area contributed by atoms with Crippen LogP contribution in [0.25, 0.3) is 11.6 Å². The third-order valence-electron chi connectivity index (χ3n) is 5.15. The Balaban J connectivity index is 1.98. The van der Waals surface area contributed by atoms with Gasteiger partial charge in [-0.25, -0.2) is 4.98 Å². The van der Waals surface area contributed by atoms with Crippen LogP contribution in [0.15, 0.2) is 49.1 Å². The van der Waals surface area contributed by atoms with Crippen molar-refractivity contribution in [3.05, 3.63) is 82.2 Å². The second-order valence-corrected chi connectivity index (χ2v) is 7.12. The Kier molecular flexibility index (Phi) is 3.97. The molecule has 2 atom stereocenters. The molecule has 0 bridgehead atoms. The van der Waals surface area contributed by atoms with Crippen LogP contribution in [0.2, 0.25) is 5.02 Å². The van der Waals surface area contributed by atoms with E-state index in [0.29, 0.717) is 0 Å². The zero-order valence-corrected chi connectivity index (χ0v) is 15.3. The van der Waals surface area contributed by atoms with E-state index in [4.69, 9.17) is 11.6 Å². The van der Waals surface area contributed by atoms with Gasteiger partial charge in [0.1, 0.15) is 0 Å². The monoisotopic (exact) mass is 349 g/mol. The Labute approximate surface area is 153 Å². The van der Waals surface area contributed by atoms with Gasteiger partial charge in [0, 0.05) is 42.0 Å². The third kappa shape index (κ3) is 2.69. The van der Waals surface area contributed by atoms with Crippen molar-refractivity contribution < 1.29 is 0 Å². The van der Waals surface area contributed by atoms with E-state index in [9.17, 15) is 0 Å². The fourth-order valence-electron chi connectivity index (χ4n) is 3.76. The maximum absolute atomic E-state index is 6.35. The molecule has 0 aliphatic heterocycles. The smallest absolute Gasteiger partial charge is 0.0945 e. The Morgan fingerprint density at radius 2 is 2.08 bits per heavy atom. The van der Waals surface area contributed by atoms with E-state index in [1.807, 2.05) is 37.9 Å². The van der Waals surface area contributed by atoms with Crippen molar-refractivity contribution in [2.45, 2.75) is 25.7 Å². The molecule has 0 saturated carbocycles. The number of allylic oxidation sites excluding steroid dienone is 1. The molecule has 0 fully saturated rings. The Hall–Kier alpha value is -2.39. The van der Waals surface area contributed by atoms with E-state index in [0.717, 1.165) is 10.7 Å². The highest BCUT2D eigenvalue weighted by Gasteiger charge is 2.26. The summed E-state index contributed by atoms with van der Waals surface area (Å²) in [4.78, 5) is 8.95. The maximum Gasteiger partial charge on any atom is 0.0945 e.